The molecule has 0 unspecified atom stereocenters. The first-order valence-corrected chi connectivity index (χ1v) is 13.6. The van der Waals surface area contributed by atoms with Gasteiger partial charge in [0, 0.05) is 27.9 Å². The molecule has 6 rings (SSSR count). The number of carbonyl (C=O) groups excluding carboxylic acids is 3. The van der Waals surface area contributed by atoms with Gasteiger partial charge < -0.3 is 5.32 Å². The van der Waals surface area contributed by atoms with Crippen LogP contribution in [0.1, 0.15) is 43.0 Å². The number of nitrogens with one attached hydrogen (secondary N) is 1. The number of para-hydroxylation sites is 1. The van der Waals surface area contributed by atoms with Crippen LogP contribution in [-0.2, 0) is 4.79 Å². The van der Waals surface area contributed by atoms with E-state index in [1.165, 1.54) is 10.6 Å². The Hall–Kier alpha value is -4.82. The maximum Gasteiger partial charge on any atom is 0.266 e. The number of hydrogen-bond acceptors (Lipinski definition) is 6. The number of thioether (sulfide) groups is 1. The van der Waals surface area contributed by atoms with Gasteiger partial charge in [0.2, 0.25) is 5.91 Å². The highest BCUT2D eigenvalue weighted by atomic mass is 32.2. The summed E-state index contributed by atoms with van der Waals surface area (Å²) < 4.78 is 1.54. The van der Waals surface area contributed by atoms with E-state index in [1.807, 2.05) is 38.1 Å². The minimum atomic E-state index is -0.339. The Balaban J connectivity index is 1.27. The molecule has 0 saturated carbocycles. The molecule has 0 spiro atoms. The zero-order chi connectivity index (χ0) is 28.0. The summed E-state index contributed by atoms with van der Waals surface area (Å²) in [6.07, 6.45) is 0. The van der Waals surface area contributed by atoms with Gasteiger partial charge >= 0.3 is 0 Å². The summed E-state index contributed by atoms with van der Waals surface area (Å²) >= 11 is 1.15. The summed E-state index contributed by atoms with van der Waals surface area (Å²) in [5, 5.41) is 3.69. The van der Waals surface area contributed by atoms with E-state index in [9.17, 15) is 19.2 Å². The van der Waals surface area contributed by atoms with E-state index >= 15 is 0 Å². The number of amides is 1. The van der Waals surface area contributed by atoms with E-state index in [1.54, 1.807) is 54.6 Å². The number of ketones is 2. The highest BCUT2D eigenvalue weighted by Crippen LogP contribution is 2.29. The number of benzene rings is 4. The van der Waals surface area contributed by atoms with E-state index in [4.69, 9.17) is 4.98 Å². The van der Waals surface area contributed by atoms with Crippen molar-refractivity contribution >= 4 is 45.8 Å². The van der Waals surface area contributed by atoms with Gasteiger partial charge in [0.15, 0.2) is 16.7 Å². The lowest BCUT2D eigenvalue weighted by Crippen LogP contribution is -2.23. The molecule has 0 fully saturated rings. The Morgan fingerprint density at radius 1 is 0.775 bits per heavy atom. The van der Waals surface area contributed by atoms with Gasteiger partial charge in [-0.1, -0.05) is 54.2 Å². The molecule has 8 heteroatoms. The van der Waals surface area contributed by atoms with Gasteiger partial charge in [0.1, 0.15) is 0 Å². The molecule has 0 atom stereocenters. The molecule has 1 N–H and O–H groups in total. The van der Waals surface area contributed by atoms with Crippen molar-refractivity contribution in [3.8, 4) is 5.69 Å². The molecule has 1 aliphatic carbocycles. The number of hydrogen-bond donors (Lipinski definition) is 1. The van der Waals surface area contributed by atoms with Crippen molar-refractivity contribution in [1.29, 1.82) is 0 Å². The third-order valence-corrected chi connectivity index (χ3v) is 7.97. The topological polar surface area (TPSA) is 98.1 Å². The molecule has 0 saturated heterocycles. The predicted octanol–water partition coefficient (Wildman–Crippen LogP) is 5.51. The number of fused-ring (bicyclic) bond motifs is 3. The van der Waals surface area contributed by atoms with E-state index in [2.05, 4.69) is 5.32 Å². The monoisotopic (exact) mass is 545 g/mol. The summed E-state index contributed by atoms with van der Waals surface area (Å²) in [6, 6.07) is 24.3. The number of anilines is 1. The summed E-state index contributed by atoms with van der Waals surface area (Å²) in [6.45, 7) is 3.98. The Labute approximate surface area is 233 Å². The van der Waals surface area contributed by atoms with Crippen molar-refractivity contribution in [3.63, 3.8) is 0 Å². The average molecular weight is 546 g/mol. The fourth-order valence-corrected chi connectivity index (χ4v) is 5.62. The third kappa shape index (κ3) is 4.42. The van der Waals surface area contributed by atoms with Crippen LogP contribution in [0.2, 0.25) is 0 Å². The lowest BCUT2D eigenvalue weighted by atomic mass is 9.84. The first kappa shape index (κ1) is 25.5. The lowest BCUT2D eigenvalue weighted by Gasteiger charge is -2.18. The SMILES string of the molecule is Cc1ccc(-n2c(SCC(=O)Nc3ccc4c(c3)C(=O)c3ccccc3C4=O)nc3ccccc3c2=O)cc1C. The van der Waals surface area contributed by atoms with Crippen LogP contribution in [0, 0.1) is 13.8 Å². The van der Waals surface area contributed by atoms with Crippen LogP contribution in [-0.4, -0.2) is 32.8 Å². The number of nitrogens with zero attached hydrogens (tertiary/aromatic N) is 2. The summed E-state index contributed by atoms with van der Waals surface area (Å²) in [5.74, 6) is -0.838. The smallest absolute Gasteiger partial charge is 0.266 e. The Bertz CT molecular complexity index is 1940. The van der Waals surface area contributed by atoms with Gasteiger partial charge in [-0.25, -0.2) is 4.98 Å². The van der Waals surface area contributed by atoms with E-state index in [-0.39, 0.29) is 34.3 Å². The van der Waals surface area contributed by atoms with E-state index < -0.39 is 0 Å². The Morgan fingerprint density at radius 3 is 2.20 bits per heavy atom. The molecule has 1 aliphatic rings. The maximum absolute atomic E-state index is 13.5. The van der Waals surface area contributed by atoms with Gasteiger partial charge in [-0.15, -0.1) is 0 Å². The zero-order valence-corrected chi connectivity index (χ0v) is 22.5. The van der Waals surface area contributed by atoms with Gasteiger partial charge in [0.25, 0.3) is 5.56 Å². The number of carbonyl (C=O) groups is 3. The highest BCUT2D eigenvalue weighted by Gasteiger charge is 2.29. The summed E-state index contributed by atoms with van der Waals surface area (Å²) in [4.78, 5) is 57.1. The molecule has 0 bridgehead atoms. The molecule has 40 heavy (non-hydrogen) atoms. The largest absolute Gasteiger partial charge is 0.325 e. The molecule has 4 aromatic carbocycles. The fraction of sp³-hybridized carbons (Fsp3) is 0.0938. The molecule has 0 aliphatic heterocycles. The second-order valence-electron chi connectivity index (χ2n) is 9.62. The predicted molar refractivity (Wildman–Crippen MR) is 156 cm³/mol. The lowest BCUT2D eigenvalue weighted by molar-refractivity contribution is -0.113. The van der Waals surface area contributed by atoms with Crippen molar-refractivity contribution in [2.75, 3.05) is 11.1 Å². The molecular formula is C32H23N3O4S. The molecule has 7 nitrogen and oxygen atoms in total. The minimum Gasteiger partial charge on any atom is -0.325 e. The van der Waals surface area contributed by atoms with Crippen LogP contribution in [0.25, 0.3) is 16.6 Å². The second-order valence-corrected chi connectivity index (χ2v) is 10.6. The van der Waals surface area contributed by atoms with Crippen LogP contribution < -0.4 is 10.9 Å². The van der Waals surface area contributed by atoms with Crippen LogP contribution in [0.4, 0.5) is 5.69 Å². The van der Waals surface area contributed by atoms with Crippen molar-refractivity contribution in [2.24, 2.45) is 0 Å². The summed E-state index contributed by atoms with van der Waals surface area (Å²) in [5.41, 5.74) is 4.86. The van der Waals surface area contributed by atoms with Gasteiger partial charge in [-0.3, -0.25) is 23.7 Å². The Kier molecular flexibility index (Phi) is 6.40. The summed E-state index contributed by atoms with van der Waals surface area (Å²) in [7, 11) is 0. The second kappa shape index (κ2) is 10.1. The van der Waals surface area contributed by atoms with Gasteiger partial charge in [-0.05, 0) is 67.4 Å². The van der Waals surface area contributed by atoms with Crippen LogP contribution in [0.15, 0.2) is 94.9 Å². The molecule has 196 valence electrons. The van der Waals surface area contributed by atoms with Crippen LogP contribution in [0.3, 0.4) is 0 Å². The standard InChI is InChI=1S/C32H23N3O4S/c1-18-11-13-21(15-19(18)2)35-31(39)25-9-5-6-10-27(25)34-32(35)40-17-28(36)33-20-12-14-24-26(16-20)30(38)23-8-4-3-7-22(23)29(24)37/h3-16H,17H2,1-2H3,(H,33,36). The zero-order valence-electron chi connectivity index (χ0n) is 21.7. The fourth-order valence-electron chi connectivity index (χ4n) is 4.81. The Morgan fingerprint density at radius 2 is 1.45 bits per heavy atom. The van der Waals surface area contributed by atoms with E-state index in [0.29, 0.717) is 44.1 Å². The van der Waals surface area contributed by atoms with Crippen LogP contribution in [0.5, 0.6) is 0 Å². The van der Waals surface area contributed by atoms with Crippen molar-refractivity contribution in [3.05, 3.63) is 129 Å². The van der Waals surface area contributed by atoms with Crippen molar-refractivity contribution in [2.45, 2.75) is 19.0 Å². The third-order valence-electron chi connectivity index (χ3n) is 7.03. The highest BCUT2D eigenvalue weighted by molar-refractivity contribution is 7.99. The molecular weight excluding hydrogens is 522 g/mol. The van der Waals surface area contributed by atoms with E-state index in [0.717, 1.165) is 22.9 Å². The maximum atomic E-state index is 13.5. The van der Waals surface area contributed by atoms with Crippen LogP contribution >= 0.6 is 11.8 Å². The van der Waals surface area contributed by atoms with Crippen molar-refractivity contribution in [1.82, 2.24) is 9.55 Å². The first-order valence-electron chi connectivity index (χ1n) is 12.7. The number of aromatic nitrogens is 2. The average Bonchev–Trinajstić information content (AvgIpc) is 2.96. The number of aryl methyl sites for hydroxylation is 2. The molecule has 0 radical (unpaired) electrons. The molecule has 1 aromatic heterocycles. The normalized spacial score (nSPS) is 12.2. The molecule has 1 heterocycles. The van der Waals surface area contributed by atoms with Crippen molar-refractivity contribution < 1.29 is 14.4 Å². The minimum absolute atomic E-state index is 0.0254. The quantitative estimate of drug-likeness (QED) is 0.227. The van der Waals surface area contributed by atoms with Gasteiger partial charge in [0.05, 0.1) is 22.3 Å². The number of rotatable bonds is 5. The first-order chi connectivity index (χ1) is 19.3. The molecule has 1 amide bonds. The molecule has 5 aromatic rings. The van der Waals surface area contributed by atoms with Gasteiger partial charge in [-0.2, -0.15) is 0 Å².